The van der Waals surface area contributed by atoms with Crippen LogP contribution in [0.2, 0.25) is 0 Å². The van der Waals surface area contributed by atoms with Crippen molar-refractivity contribution in [3.05, 3.63) is 5.92 Å². The molecule has 0 aromatic heterocycles. The van der Waals surface area contributed by atoms with Crippen LogP contribution in [0, 0.1) is 5.92 Å². The summed E-state index contributed by atoms with van der Waals surface area (Å²) < 4.78 is 4.88. The second-order valence-corrected chi connectivity index (χ2v) is 3.97. The van der Waals surface area contributed by atoms with Crippen LogP contribution in [0.1, 0.15) is 58.3 Å². The van der Waals surface area contributed by atoms with Gasteiger partial charge in [-0.3, -0.25) is 4.79 Å². The molecule has 0 bridgehead atoms. The van der Waals surface area contributed by atoms with Crippen LogP contribution in [0.25, 0.3) is 0 Å². The third kappa shape index (κ3) is 4.64. The Balaban J connectivity index is 1.99. The summed E-state index contributed by atoms with van der Waals surface area (Å²) in [7, 11) is 0. The van der Waals surface area contributed by atoms with E-state index in [4.69, 9.17) is 4.74 Å². The van der Waals surface area contributed by atoms with Gasteiger partial charge in [-0.2, -0.15) is 0 Å². The molecule has 1 aliphatic carbocycles. The molecule has 1 saturated carbocycles. The molecule has 1 rings (SSSR count). The molecular weight excluding hydrogens is 176 g/mol. The standard InChI is InChI=1S/C12H21O2/c1-2-14-12(13)10-6-9-11-7-4-3-5-8-11/h2-10H2,1H3. The van der Waals surface area contributed by atoms with Gasteiger partial charge in [-0.25, -0.2) is 0 Å². The first-order chi connectivity index (χ1) is 6.83. The Morgan fingerprint density at radius 2 is 2.00 bits per heavy atom. The van der Waals surface area contributed by atoms with Gasteiger partial charge in [0.05, 0.1) is 6.61 Å². The Morgan fingerprint density at radius 3 is 2.64 bits per heavy atom. The number of hydrogen-bond acceptors (Lipinski definition) is 2. The zero-order valence-electron chi connectivity index (χ0n) is 9.18. The van der Waals surface area contributed by atoms with Crippen molar-refractivity contribution in [2.24, 2.45) is 0 Å². The summed E-state index contributed by atoms with van der Waals surface area (Å²) in [4.78, 5) is 11.1. The molecule has 81 valence electrons. The van der Waals surface area contributed by atoms with E-state index in [-0.39, 0.29) is 5.97 Å². The van der Waals surface area contributed by atoms with Gasteiger partial charge in [-0.05, 0) is 38.5 Å². The summed E-state index contributed by atoms with van der Waals surface area (Å²) in [6, 6.07) is 0. The predicted molar refractivity (Wildman–Crippen MR) is 56.8 cm³/mol. The second-order valence-electron chi connectivity index (χ2n) is 3.97. The summed E-state index contributed by atoms with van der Waals surface area (Å²) in [6.07, 6.45) is 9.40. The van der Waals surface area contributed by atoms with Crippen molar-refractivity contribution >= 4 is 5.97 Å². The van der Waals surface area contributed by atoms with Gasteiger partial charge in [0.2, 0.25) is 0 Å². The lowest BCUT2D eigenvalue weighted by Gasteiger charge is -2.20. The SMILES string of the molecule is CCOC(=O)CCC[C]1CCCCC1. The van der Waals surface area contributed by atoms with Crippen molar-refractivity contribution in [3.63, 3.8) is 0 Å². The maximum atomic E-state index is 11.1. The average Bonchev–Trinajstić information content (AvgIpc) is 2.20. The van der Waals surface area contributed by atoms with E-state index in [1.54, 1.807) is 5.92 Å². The van der Waals surface area contributed by atoms with Crippen molar-refractivity contribution in [2.75, 3.05) is 6.61 Å². The molecule has 0 aromatic carbocycles. The number of hydrogen-bond donors (Lipinski definition) is 0. The van der Waals surface area contributed by atoms with E-state index < -0.39 is 0 Å². The number of esters is 1. The lowest BCUT2D eigenvalue weighted by molar-refractivity contribution is -0.143. The van der Waals surface area contributed by atoms with Crippen LogP contribution >= 0.6 is 0 Å². The zero-order chi connectivity index (χ0) is 10.2. The summed E-state index contributed by atoms with van der Waals surface area (Å²) >= 11 is 0. The molecule has 14 heavy (non-hydrogen) atoms. The molecule has 2 nitrogen and oxygen atoms in total. The molecule has 0 aromatic rings. The molecule has 0 aliphatic heterocycles. The van der Waals surface area contributed by atoms with Crippen LogP contribution in [0.3, 0.4) is 0 Å². The van der Waals surface area contributed by atoms with Crippen LogP contribution in [0.5, 0.6) is 0 Å². The fourth-order valence-electron chi connectivity index (χ4n) is 2.02. The highest BCUT2D eigenvalue weighted by Gasteiger charge is 2.14. The minimum atomic E-state index is -0.0380. The van der Waals surface area contributed by atoms with Crippen LogP contribution in [0.4, 0.5) is 0 Å². The van der Waals surface area contributed by atoms with Crippen molar-refractivity contribution in [2.45, 2.75) is 58.3 Å². The van der Waals surface area contributed by atoms with Gasteiger partial charge in [0.15, 0.2) is 0 Å². The van der Waals surface area contributed by atoms with E-state index in [0.717, 1.165) is 12.8 Å². The molecule has 0 amide bonds. The smallest absolute Gasteiger partial charge is 0.305 e. The molecule has 1 fully saturated rings. The number of carbonyl (C=O) groups is 1. The van der Waals surface area contributed by atoms with Crippen LogP contribution in [0.15, 0.2) is 0 Å². The molecule has 1 aliphatic rings. The topological polar surface area (TPSA) is 26.3 Å². The highest BCUT2D eigenvalue weighted by atomic mass is 16.5. The second kappa shape index (κ2) is 6.86. The quantitative estimate of drug-likeness (QED) is 0.632. The van der Waals surface area contributed by atoms with Gasteiger partial charge < -0.3 is 4.74 Å². The monoisotopic (exact) mass is 197 g/mol. The number of ether oxygens (including phenoxy) is 1. The predicted octanol–water partition coefficient (Wildman–Crippen LogP) is 3.26. The van der Waals surface area contributed by atoms with Crippen molar-refractivity contribution in [3.8, 4) is 0 Å². The molecule has 2 heteroatoms. The lowest BCUT2D eigenvalue weighted by atomic mass is 9.86. The Kier molecular flexibility index (Phi) is 5.65. The van der Waals surface area contributed by atoms with Crippen molar-refractivity contribution in [1.29, 1.82) is 0 Å². The van der Waals surface area contributed by atoms with Gasteiger partial charge in [0.1, 0.15) is 0 Å². The fraction of sp³-hybridized carbons (Fsp3) is 0.833. The Bertz CT molecular complexity index is 160. The van der Waals surface area contributed by atoms with Gasteiger partial charge in [0, 0.05) is 6.42 Å². The maximum Gasteiger partial charge on any atom is 0.305 e. The molecule has 0 atom stereocenters. The maximum absolute atomic E-state index is 11.1. The van der Waals surface area contributed by atoms with E-state index in [0.29, 0.717) is 13.0 Å². The summed E-state index contributed by atoms with van der Waals surface area (Å²) in [5, 5.41) is 0. The lowest BCUT2D eigenvalue weighted by Crippen LogP contribution is -2.07. The zero-order valence-corrected chi connectivity index (χ0v) is 9.18. The van der Waals surface area contributed by atoms with Crippen LogP contribution < -0.4 is 0 Å². The van der Waals surface area contributed by atoms with Crippen molar-refractivity contribution in [1.82, 2.24) is 0 Å². The molecule has 0 N–H and O–H groups in total. The average molecular weight is 197 g/mol. The molecule has 0 spiro atoms. The van der Waals surface area contributed by atoms with Crippen molar-refractivity contribution < 1.29 is 9.53 Å². The van der Waals surface area contributed by atoms with Gasteiger partial charge in [0.25, 0.3) is 0 Å². The minimum absolute atomic E-state index is 0.0380. The Labute approximate surface area is 87.0 Å². The molecular formula is C12H21O2. The highest BCUT2D eigenvalue weighted by molar-refractivity contribution is 5.69. The first kappa shape index (κ1) is 11.5. The third-order valence-electron chi connectivity index (χ3n) is 2.78. The van der Waals surface area contributed by atoms with E-state index in [1.165, 1.54) is 32.1 Å². The Hall–Kier alpha value is -0.530. The summed E-state index contributed by atoms with van der Waals surface area (Å²) in [5.41, 5.74) is 0. The molecule has 0 unspecified atom stereocenters. The summed E-state index contributed by atoms with van der Waals surface area (Å²) in [6.45, 7) is 2.36. The molecule has 0 saturated heterocycles. The Morgan fingerprint density at radius 1 is 1.29 bits per heavy atom. The van der Waals surface area contributed by atoms with Gasteiger partial charge >= 0.3 is 5.97 Å². The van der Waals surface area contributed by atoms with E-state index in [2.05, 4.69) is 0 Å². The highest BCUT2D eigenvalue weighted by Crippen LogP contribution is 2.29. The van der Waals surface area contributed by atoms with E-state index >= 15 is 0 Å². The normalized spacial score (nSPS) is 18.1. The number of carbonyl (C=O) groups excluding carboxylic acids is 1. The van der Waals surface area contributed by atoms with Gasteiger partial charge in [-0.15, -0.1) is 0 Å². The fourth-order valence-corrected chi connectivity index (χ4v) is 2.02. The largest absolute Gasteiger partial charge is 0.466 e. The van der Waals surface area contributed by atoms with E-state index in [1.807, 2.05) is 6.92 Å². The molecule has 1 radical (unpaired) electrons. The van der Waals surface area contributed by atoms with Crippen LogP contribution in [-0.4, -0.2) is 12.6 Å². The molecule has 0 heterocycles. The third-order valence-corrected chi connectivity index (χ3v) is 2.78. The first-order valence-corrected chi connectivity index (χ1v) is 5.82. The summed E-state index contributed by atoms with van der Waals surface area (Å²) in [5.74, 6) is 1.63. The number of rotatable bonds is 5. The van der Waals surface area contributed by atoms with Crippen LogP contribution in [-0.2, 0) is 9.53 Å². The van der Waals surface area contributed by atoms with Gasteiger partial charge in [-0.1, -0.05) is 19.3 Å². The van der Waals surface area contributed by atoms with E-state index in [9.17, 15) is 4.79 Å². The minimum Gasteiger partial charge on any atom is -0.466 e. The first-order valence-electron chi connectivity index (χ1n) is 5.82.